The largest absolute Gasteiger partial charge is 0.386 e. The van der Waals surface area contributed by atoms with Crippen LogP contribution < -0.4 is 4.90 Å². The molecule has 0 aromatic heterocycles. The molecular weight excluding hydrogens is 360 g/mol. The van der Waals surface area contributed by atoms with E-state index in [1.54, 1.807) is 18.2 Å². The van der Waals surface area contributed by atoms with Crippen molar-refractivity contribution in [1.82, 2.24) is 0 Å². The number of benzene rings is 3. The van der Waals surface area contributed by atoms with Gasteiger partial charge in [0.2, 0.25) is 0 Å². The molecule has 7 nitrogen and oxygen atoms in total. The third kappa shape index (κ3) is 1.91. The van der Waals surface area contributed by atoms with Crippen LogP contribution >= 0.6 is 0 Å². The van der Waals surface area contributed by atoms with Crippen molar-refractivity contribution in [2.45, 2.75) is 0 Å². The Morgan fingerprint density at radius 2 is 1.29 bits per heavy atom. The first-order valence-electron chi connectivity index (χ1n) is 8.26. The Kier molecular flexibility index (Phi) is 3.04. The van der Waals surface area contributed by atoms with Crippen molar-refractivity contribution >= 4 is 40.2 Å². The Bertz CT molecular complexity index is 1260. The fourth-order valence-corrected chi connectivity index (χ4v) is 3.67. The quantitative estimate of drug-likeness (QED) is 0.372. The Morgan fingerprint density at radius 1 is 0.750 bits per heavy atom. The lowest BCUT2D eigenvalue weighted by atomic mass is 9.87. The summed E-state index contributed by atoms with van der Waals surface area (Å²) in [6, 6.07) is 13.9. The normalized spacial score (nSPS) is 14.9. The van der Waals surface area contributed by atoms with Crippen LogP contribution in [0.4, 0.5) is 5.69 Å². The number of nitriles is 1. The van der Waals surface area contributed by atoms with Gasteiger partial charge in [-0.25, -0.2) is 14.5 Å². The average Bonchev–Trinajstić information content (AvgIpc) is 2.70. The summed E-state index contributed by atoms with van der Waals surface area (Å²) in [6.45, 7) is 0. The minimum atomic E-state index is -0.815. The lowest BCUT2D eigenvalue weighted by Gasteiger charge is -2.29. The van der Waals surface area contributed by atoms with Gasteiger partial charge in [-0.1, -0.05) is 6.07 Å². The molecule has 0 unspecified atom stereocenters. The van der Waals surface area contributed by atoms with Crippen molar-refractivity contribution in [2.75, 3.05) is 4.90 Å². The maximum absolute atomic E-state index is 13.1. The molecule has 2 aliphatic heterocycles. The van der Waals surface area contributed by atoms with Crippen LogP contribution in [0.2, 0.25) is 0 Å². The molecule has 0 bridgehead atoms. The molecule has 0 radical (unpaired) electrons. The number of carbonyl (C=O) groups is 4. The van der Waals surface area contributed by atoms with Crippen LogP contribution in [0.25, 0.3) is 10.8 Å². The van der Waals surface area contributed by atoms with E-state index in [9.17, 15) is 19.2 Å². The topological polar surface area (TPSA) is 105 Å². The molecule has 132 valence electrons. The zero-order valence-corrected chi connectivity index (χ0v) is 14.1. The fraction of sp³-hybridized carbons (Fsp3) is 0. The van der Waals surface area contributed by atoms with E-state index in [1.807, 2.05) is 6.07 Å². The number of hydrogen-bond acceptors (Lipinski definition) is 6. The molecule has 0 N–H and O–H groups in total. The molecule has 7 heteroatoms. The zero-order valence-electron chi connectivity index (χ0n) is 14.1. The first kappa shape index (κ1) is 15.9. The number of nitrogens with zero attached hydrogens (tertiary/aromatic N) is 2. The van der Waals surface area contributed by atoms with Gasteiger partial charge in [0.15, 0.2) is 0 Å². The smallest absolute Gasteiger partial charge is 0.346 e. The number of rotatable bonds is 1. The molecule has 3 aromatic rings. The van der Waals surface area contributed by atoms with Gasteiger partial charge in [0, 0.05) is 21.9 Å². The second-order valence-corrected chi connectivity index (χ2v) is 6.36. The summed E-state index contributed by atoms with van der Waals surface area (Å²) in [5, 5.41) is 9.62. The predicted molar refractivity (Wildman–Crippen MR) is 96.0 cm³/mol. The summed E-state index contributed by atoms with van der Waals surface area (Å²) < 4.78 is 4.72. The SMILES string of the molecule is N#Cc1cccc(N2C(=O)c3ccc4c5c(ccc(c35)C2=O)C(=O)OC4=O)c1. The molecule has 2 aliphatic rings. The first-order valence-corrected chi connectivity index (χ1v) is 8.26. The predicted octanol–water partition coefficient (Wildman–Crippen LogP) is 2.82. The summed E-state index contributed by atoms with van der Waals surface area (Å²) in [6.07, 6.45) is 0. The van der Waals surface area contributed by atoms with Gasteiger partial charge in [-0.2, -0.15) is 5.26 Å². The molecule has 0 aliphatic carbocycles. The lowest BCUT2D eigenvalue weighted by Crippen LogP contribution is -2.41. The monoisotopic (exact) mass is 368 g/mol. The molecule has 5 rings (SSSR count). The highest BCUT2D eigenvalue weighted by Crippen LogP contribution is 2.38. The van der Waals surface area contributed by atoms with Crippen LogP contribution in [-0.4, -0.2) is 23.8 Å². The molecular formula is C21H8N2O5. The maximum Gasteiger partial charge on any atom is 0.346 e. The number of ether oxygens (including phenoxy) is 1. The highest BCUT2D eigenvalue weighted by Gasteiger charge is 2.38. The summed E-state index contributed by atoms with van der Waals surface area (Å²) in [5.41, 5.74) is 1.23. The van der Waals surface area contributed by atoms with Crippen LogP contribution in [0.3, 0.4) is 0 Å². The summed E-state index contributed by atoms with van der Waals surface area (Å²) >= 11 is 0. The van der Waals surface area contributed by atoms with Crippen LogP contribution in [0, 0.1) is 11.3 Å². The molecule has 3 aromatic carbocycles. The second-order valence-electron chi connectivity index (χ2n) is 6.36. The van der Waals surface area contributed by atoms with Gasteiger partial charge in [0.1, 0.15) is 0 Å². The van der Waals surface area contributed by atoms with Gasteiger partial charge < -0.3 is 4.74 Å². The molecule has 0 fully saturated rings. The van der Waals surface area contributed by atoms with E-state index in [0.29, 0.717) is 5.56 Å². The second kappa shape index (κ2) is 5.34. The van der Waals surface area contributed by atoms with Gasteiger partial charge in [0.25, 0.3) is 11.8 Å². The number of imide groups is 1. The van der Waals surface area contributed by atoms with Crippen molar-refractivity contribution in [3.05, 3.63) is 76.3 Å². The number of cyclic esters (lactones) is 2. The van der Waals surface area contributed by atoms with E-state index >= 15 is 0 Å². The lowest BCUT2D eigenvalue weighted by molar-refractivity contribution is 0.0390. The molecule has 28 heavy (non-hydrogen) atoms. The first-order chi connectivity index (χ1) is 13.5. The van der Waals surface area contributed by atoms with Crippen LogP contribution in [0.5, 0.6) is 0 Å². The minimum absolute atomic E-state index is 0.135. The number of carbonyl (C=O) groups excluding carboxylic acids is 4. The highest BCUT2D eigenvalue weighted by atomic mass is 16.6. The highest BCUT2D eigenvalue weighted by molar-refractivity contribution is 6.38. The molecule has 0 saturated carbocycles. The number of amides is 2. The zero-order chi connectivity index (χ0) is 19.6. The van der Waals surface area contributed by atoms with Crippen molar-refractivity contribution in [1.29, 1.82) is 5.26 Å². The van der Waals surface area contributed by atoms with E-state index in [-0.39, 0.29) is 38.7 Å². The van der Waals surface area contributed by atoms with Crippen LogP contribution in [-0.2, 0) is 4.74 Å². The minimum Gasteiger partial charge on any atom is -0.386 e. The van der Waals surface area contributed by atoms with Crippen molar-refractivity contribution in [3.8, 4) is 6.07 Å². The van der Waals surface area contributed by atoms with Crippen molar-refractivity contribution in [2.24, 2.45) is 0 Å². The Morgan fingerprint density at radius 3 is 1.86 bits per heavy atom. The van der Waals surface area contributed by atoms with E-state index in [2.05, 4.69) is 0 Å². The number of esters is 2. The fourth-order valence-electron chi connectivity index (χ4n) is 3.67. The number of anilines is 1. The summed E-state index contributed by atoms with van der Waals surface area (Å²) in [5.74, 6) is -2.82. The van der Waals surface area contributed by atoms with Gasteiger partial charge in [-0.05, 0) is 42.5 Å². The maximum atomic E-state index is 13.1. The number of hydrogen-bond donors (Lipinski definition) is 0. The summed E-state index contributed by atoms with van der Waals surface area (Å²) in [4.78, 5) is 51.4. The Hall–Kier alpha value is -4.31. The third-order valence-corrected chi connectivity index (χ3v) is 4.89. The van der Waals surface area contributed by atoms with Crippen molar-refractivity contribution in [3.63, 3.8) is 0 Å². The molecule has 2 heterocycles. The molecule has 0 saturated heterocycles. The van der Waals surface area contributed by atoms with E-state index < -0.39 is 23.8 Å². The molecule has 2 amide bonds. The third-order valence-electron chi connectivity index (χ3n) is 4.89. The van der Waals surface area contributed by atoms with Gasteiger partial charge >= 0.3 is 11.9 Å². The van der Waals surface area contributed by atoms with Crippen molar-refractivity contribution < 1.29 is 23.9 Å². The van der Waals surface area contributed by atoms with Crippen LogP contribution in [0.15, 0.2) is 48.5 Å². The Labute approximate surface area is 157 Å². The Balaban J connectivity index is 1.81. The van der Waals surface area contributed by atoms with Gasteiger partial charge in [-0.15, -0.1) is 0 Å². The van der Waals surface area contributed by atoms with E-state index in [0.717, 1.165) is 4.90 Å². The van der Waals surface area contributed by atoms with Gasteiger partial charge in [0.05, 0.1) is 28.4 Å². The van der Waals surface area contributed by atoms with E-state index in [1.165, 1.54) is 30.3 Å². The van der Waals surface area contributed by atoms with Crippen LogP contribution in [0.1, 0.15) is 47.0 Å². The molecule has 0 spiro atoms. The average molecular weight is 368 g/mol. The standard InChI is InChI=1S/C21H8N2O5/c22-9-10-2-1-3-11(8-10)23-18(24)12-4-6-14-17-15(21(27)28-20(14)26)7-5-13(16(12)17)19(23)25/h1-8H. The molecule has 0 atom stereocenters. The van der Waals surface area contributed by atoms with Gasteiger partial charge in [-0.3, -0.25) is 9.59 Å². The van der Waals surface area contributed by atoms with E-state index in [4.69, 9.17) is 10.00 Å². The summed E-state index contributed by atoms with van der Waals surface area (Å²) in [7, 11) is 0.